The summed E-state index contributed by atoms with van der Waals surface area (Å²) in [7, 11) is 0. The first kappa shape index (κ1) is 10.7. The number of nitrogens with zero attached hydrogens (tertiary/aromatic N) is 1. The lowest BCUT2D eigenvalue weighted by Gasteiger charge is -2.20. The molecule has 16 heavy (non-hydrogen) atoms. The number of hydrogen-bond acceptors (Lipinski definition) is 3. The number of ether oxygens (including phenoxy) is 1. The molecule has 0 amide bonds. The maximum absolute atomic E-state index is 10.8. The van der Waals surface area contributed by atoms with E-state index in [0.29, 0.717) is 0 Å². The van der Waals surface area contributed by atoms with Gasteiger partial charge in [-0.3, -0.25) is 10.1 Å². The van der Waals surface area contributed by atoms with Crippen molar-refractivity contribution in [2.45, 2.75) is 26.9 Å². The fourth-order valence-corrected chi connectivity index (χ4v) is 1.76. The molecule has 0 saturated heterocycles. The first-order valence-electron chi connectivity index (χ1n) is 5.13. The van der Waals surface area contributed by atoms with Crippen LogP contribution in [0.2, 0.25) is 0 Å². The molecule has 1 aliphatic rings. The minimum atomic E-state index is -0.496. The van der Waals surface area contributed by atoms with Gasteiger partial charge in [0.1, 0.15) is 5.75 Å². The Morgan fingerprint density at radius 3 is 2.56 bits per heavy atom. The number of benzene rings is 1. The van der Waals surface area contributed by atoms with Crippen molar-refractivity contribution in [1.82, 2.24) is 0 Å². The van der Waals surface area contributed by atoms with Crippen LogP contribution < -0.4 is 4.74 Å². The van der Waals surface area contributed by atoms with Crippen molar-refractivity contribution in [3.05, 3.63) is 44.6 Å². The second-order valence-electron chi connectivity index (χ2n) is 4.06. The van der Waals surface area contributed by atoms with Gasteiger partial charge in [-0.05, 0) is 44.0 Å². The number of nitro groups is 1. The van der Waals surface area contributed by atoms with Crippen molar-refractivity contribution in [2.24, 2.45) is 0 Å². The maximum Gasteiger partial charge on any atom is 0.286 e. The summed E-state index contributed by atoms with van der Waals surface area (Å²) >= 11 is 0. The van der Waals surface area contributed by atoms with Gasteiger partial charge in [0.15, 0.2) is 6.10 Å². The standard InChI is InChI=1S/C12H13NO3/c1-7-4-10-6-11(13(14)15)9(3)16-12(10)5-8(7)2/h4-6,9H,1-3H3. The Labute approximate surface area is 93.7 Å². The predicted octanol–water partition coefficient (Wildman–Crippen LogP) is 2.70. The van der Waals surface area contributed by atoms with Crippen molar-refractivity contribution in [2.75, 3.05) is 0 Å². The normalized spacial score (nSPS) is 18.4. The van der Waals surface area contributed by atoms with Crippen molar-refractivity contribution < 1.29 is 9.66 Å². The van der Waals surface area contributed by atoms with Gasteiger partial charge in [-0.2, -0.15) is 0 Å². The van der Waals surface area contributed by atoms with E-state index in [4.69, 9.17) is 4.74 Å². The first-order valence-corrected chi connectivity index (χ1v) is 5.13. The monoisotopic (exact) mass is 219 g/mol. The molecule has 1 heterocycles. The lowest BCUT2D eigenvalue weighted by molar-refractivity contribution is -0.433. The van der Waals surface area contributed by atoms with E-state index in [-0.39, 0.29) is 10.6 Å². The van der Waals surface area contributed by atoms with Gasteiger partial charge in [-0.25, -0.2) is 0 Å². The van der Waals surface area contributed by atoms with Crippen LogP contribution in [0.3, 0.4) is 0 Å². The van der Waals surface area contributed by atoms with Crippen LogP contribution in [-0.2, 0) is 0 Å². The molecular formula is C12H13NO3. The first-order chi connectivity index (χ1) is 7.49. The van der Waals surface area contributed by atoms with Crippen LogP contribution in [0.15, 0.2) is 17.8 Å². The third kappa shape index (κ3) is 1.66. The topological polar surface area (TPSA) is 52.4 Å². The van der Waals surface area contributed by atoms with Crippen LogP contribution >= 0.6 is 0 Å². The summed E-state index contributed by atoms with van der Waals surface area (Å²) in [6.07, 6.45) is 1.10. The average Bonchev–Trinajstić information content (AvgIpc) is 2.19. The summed E-state index contributed by atoms with van der Waals surface area (Å²) < 4.78 is 5.53. The molecule has 4 nitrogen and oxygen atoms in total. The highest BCUT2D eigenvalue weighted by molar-refractivity contribution is 5.63. The third-order valence-electron chi connectivity index (χ3n) is 2.86. The maximum atomic E-state index is 10.8. The van der Waals surface area contributed by atoms with Gasteiger partial charge < -0.3 is 4.74 Å². The van der Waals surface area contributed by atoms with Crippen molar-refractivity contribution in [1.29, 1.82) is 0 Å². The predicted molar refractivity (Wildman–Crippen MR) is 61.0 cm³/mol. The summed E-state index contributed by atoms with van der Waals surface area (Å²) in [4.78, 5) is 10.4. The molecule has 0 aromatic heterocycles. The Bertz CT molecular complexity index is 491. The fourth-order valence-electron chi connectivity index (χ4n) is 1.76. The average molecular weight is 219 g/mol. The SMILES string of the molecule is Cc1cc2c(cc1C)OC(C)C([N+](=O)[O-])=C2. The lowest BCUT2D eigenvalue weighted by atomic mass is 10.0. The number of fused-ring (bicyclic) bond motifs is 1. The number of rotatable bonds is 1. The molecule has 0 spiro atoms. The van der Waals surface area contributed by atoms with Gasteiger partial charge in [0.25, 0.3) is 5.70 Å². The largest absolute Gasteiger partial charge is 0.479 e. The molecule has 0 aliphatic carbocycles. The summed E-state index contributed by atoms with van der Waals surface area (Å²) in [5.74, 6) is 0.723. The molecule has 0 bridgehead atoms. The highest BCUT2D eigenvalue weighted by Gasteiger charge is 2.27. The molecular weight excluding hydrogens is 206 g/mol. The highest BCUT2D eigenvalue weighted by Crippen LogP contribution is 2.31. The van der Waals surface area contributed by atoms with Gasteiger partial charge in [0, 0.05) is 11.6 Å². The smallest absolute Gasteiger partial charge is 0.286 e. The van der Waals surface area contributed by atoms with E-state index in [9.17, 15) is 10.1 Å². The molecule has 0 N–H and O–H groups in total. The summed E-state index contributed by atoms with van der Waals surface area (Å²) in [5.41, 5.74) is 3.13. The third-order valence-corrected chi connectivity index (χ3v) is 2.86. The van der Waals surface area contributed by atoms with Crippen LogP contribution in [0.5, 0.6) is 5.75 Å². The van der Waals surface area contributed by atoms with E-state index in [1.54, 1.807) is 13.0 Å². The van der Waals surface area contributed by atoms with E-state index in [0.717, 1.165) is 22.4 Å². The van der Waals surface area contributed by atoms with Gasteiger partial charge in [-0.1, -0.05) is 0 Å². The second-order valence-corrected chi connectivity index (χ2v) is 4.06. The molecule has 1 aliphatic heterocycles. The molecule has 1 aromatic rings. The van der Waals surface area contributed by atoms with E-state index < -0.39 is 6.10 Å². The van der Waals surface area contributed by atoms with Crippen LogP contribution in [0.4, 0.5) is 0 Å². The van der Waals surface area contributed by atoms with Crippen LogP contribution in [0, 0.1) is 24.0 Å². The Balaban J connectivity index is 2.55. The van der Waals surface area contributed by atoms with E-state index in [2.05, 4.69) is 0 Å². The Kier molecular flexibility index (Phi) is 2.42. The van der Waals surface area contributed by atoms with Crippen LogP contribution in [0.25, 0.3) is 6.08 Å². The molecule has 1 aromatic carbocycles. The minimum Gasteiger partial charge on any atom is -0.479 e. The Morgan fingerprint density at radius 2 is 1.94 bits per heavy atom. The number of hydrogen-bond donors (Lipinski definition) is 0. The molecule has 0 fully saturated rings. The summed E-state index contributed by atoms with van der Waals surface area (Å²) in [5, 5.41) is 10.8. The summed E-state index contributed by atoms with van der Waals surface area (Å²) in [6, 6.07) is 3.84. The Morgan fingerprint density at radius 1 is 1.31 bits per heavy atom. The van der Waals surface area contributed by atoms with Crippen molar-refractivity contribution >= 4 is 6.08 Å². The molecule has 0 radical (unpaired) electrons. The van der Waals surface area contributed by atoms with Gasteiger partial charge in [-0.15, -0.1) is 0 Å². The van der Waals surface area contributed by atoms with Gasteiger partial charge >= 0.3 is 0 Å². The zero-order chi connectivity index (χ0) is 11.9. The minimum absolute atomic E-state index is 0.107. The second kappa shape index (κ2) is 3.63. The van der Waals surface area contributed by atoms with Gasteiger partial charge in [0.2, 0.25) is 0 Å². The van der Waals surface area contributed by atoms with Crippen molar-refractivity contribution in [3.8, 4) is 5.75 Å². The molecule has 1 atom stereocenters. The van der Waals surface area contributed by atoms with E-state index in [1.807, 2.05) is 26.0 Å². The fraction of sp³-hybridized carbons (Fsp3) is 0.333. The van der Waals surface area contributed by atoms with Crippen molar-refractivity contribution in [3.63, 3.8) is 0 Å². The lowest BCUT2D eigenvalue weighted by Crippen LogP contribution is -2.23. The summed E-state index contributed by atoms with van der Waals surface area (Å²) in [6.45, 7) is 5.66. The molecule has 0 saturated carbocycles. The van der Waals surface area contributed by atoms with Crippen LogP contribution in [0.1, 0.15) is 23.6 Å². The zero-order valence-corrected chi connectivity index (χ0v) is 9.48. The van der Waals surface area contributed by atoms with E-state index in [1.165, 1.54) is 0 Å². The molecule has 84 valence electrons. The highest BCUT2D eigenvalue weighted by atomic mass is 16.6. The Hall–Kier alpha value is -1.84. The molecule has 4 heteroatoms. The molecule has 2 rings (SSSR count). The number of aryl methyl sites for hydroxylation is 2. The molecule has 1 unspecified atom stereocenters. The van der Waals surface area contributed by atoms with Gasteiger partial charge in [0.05, 0.1) is 4.92 Å². The van der Waals surface area contributed by atoms with Crippen LogP contribution in [-0.4, -0.2) is 11.0 Å². The quantitative estimate of drug-likeness (QED) is 0.539. The zero-order valence-electron chi connectivity index (χ0n) is 9.48. The van der Waals surface area contributed by atoms with E-state index >= 15 is 0 Å².